The van der Waals surface area contributed by atoms with Gasteiger partial charge in [-0.3, -0.25) is 4.79 Å². The molecule has 0 radical (unpaired) electrons. The zero-order valence-electron chi connectivity index (χ0n) is 18.5. The van der Waals surface area contributed by atoms with E-state index in [0.29, 0.717) is 52.0 Å². The van der Waals surface area contributed by atoms with Crippen LogP contribution < -0.4 is 14.9 Å². The second-order valence-electron chi connectivity index (χ2n) is 7.74. The van der Waals surface area contributed by atoms with Crippen molar-refractivity contribution in [3.8, 4) is 11.5 Å². The SMILES string of the molecule is COc1ccc(C(=O)N/N=C2\CCCc3oc(C(=O)Oc4ccc(Cl)c(C)c4)c(C)c32)cc1. The summed E-state index contributed by atoms with van der Waals surface area (Å²) < 4.78 is 16.5. The standard InChI is InChI=1S/C25H23ClN2O5/c1-14-13-18(11-12-19(14)26)32-25(30)23-15(2)22-20(5-4-6-21(22)33-23)27-28-24(29)16-7-9-17(31-3)10-8-16/h7-13H,4-6H2,1-3H3,(H,28,29)/b27-20+. The summed E-state index contributed by atoms with van der Waals surface area (Å²) in [4.78, 5) is 25.3. The van der Waals surface area contributed by atoms with Crippen molar-refractivity contribution < 1.29 is 23.5 Å². The van der Waals surface area contributed by atoms with Gasteiger partial charge in [-0.25, -0.2) is 10.2 Å². The second-order valence-corrected chi connectivity index (χ2v) is 8.14. The highest BCUT2D eigenvalue weighted by molar-refractivity contribution is 6.31. The van der Waals surface area contributed by atoms with Crippen LogP contribution >= 0.6 is 11.6 Å². The summed E-state index contributed by atoms with van der Waals surface area (Å²) in [5, 5.41) is 4.94. The molecule has 0 saturated carbocycles. The van der Waals surface area contributed by atoms with Crippen molar-refractivity contribution in [3.63, 3.8) is 0 Å². The van der Waals surface area contributed by atoms with Crippen molar-refractivity contribution in [2.45, 2.75) is 33.1 Å². The zero-order chi connectivity index (χ0) is 23.5. The molecule has 1 amide bonds. The van der Waals surface area contributed by atoms with Crippen LogP contribution in [0.3, 0.4) is 0 Å². The Morgan fingerprint density at radius 3 is 2.48 bits per heavy atom. The molecule has 0 aliphatic heterocycles. The number of esters is 1. The van der Waals surface area contributed by atoms with E-state index in [4.69, 9.17) is 25.5 Å². The predicted octanol–water partition coefficient (Wildman–Crippen LogP) is 5.25. The Morgan fingerprint density at radius 1 is 1.06 bits per heavy atom. The van der Waals surface area contributed by atoms with Crippen molar-refractivity contribution >= 4 is 29.2 Å². The Kier molecular flexibility index (Phi) is 6.51. The quantitative estimate of drug-likeness (QED) is 0.315. The number of furan rings is 1. The lowest BCUT2D eigenvalue weighted by molar-refractivity contribution is 0.0698. The molecule has 0 fully saturated rings. The van der Waals surface area contributed by atoms with Gasteiger partial charge in [0, 0.05) is 28.1 Å². The van der Waals surface area contributed by atoms with Crippen molar-refractivity contribution in [2.75, 3.05) is 7.11 Å². The third-order valence-corrected chi connectivity index (χ3v) is 5.92. The van der Waals surface area contributed by atoms with E-state index in [1.54, 1.807) is 56.5 Å². The molecule has 3 aromatic rings. The number of rotatable bonds is 5. The highest BCUT2D eigenvalue weighted by Gasteiger charge is 2.29. The van der Waals surface area contributed by atoms with E-state index in [9.17, 15) is 9.59 Å². The van der Waals surface area contributed by atoms with Crippen molar-refractivity contribution in [1.29, 1.82) is 0 Å². The third kappa shape index (κ3) is 4.78. The van der Waals surface area contributed by atoms with Gasteiger partial charge in [-0.15, -0.1) is 0 Å². The van der Waals surface area contributed by atoms with Crippen LogP contribution in [0.4, 0.5) is 0 Å². The maximum absolute atomic E-state index is 12.8. The molecule has 1 aliphatic rings. The number of benzene rings is 2. The van der Waals surface area contributed by atoms with Crippen LogP contribution in [0.5, 0.6) is 11.5 Å². The number of carbonyl (C=O) groups is 2. The van der Waals surface area contributed by atoms with Crippen LogP contribution in [0, 0.1) is 13.8 Å². The average molecular weight is 467 g/mol. The number of fused-ring (bicyclic) bond motifs is 1. The molecular weight excluding hydrogens is 444 g/mol. The predicted molar refractivity (Wildman–Crippen MR) is 125 cm³/mol. The van der Waals surface area contributed by atoms with Gasteiger partial charge in [0.1, 0.15) is 17.3 Å². The Labute approximate surface area is 196 Å². The smallest absolute Gasteiger partial charge is 0.379 e. The van der Waals surface area contributed by atoms with E-state index >= 15 is 0 Å². The topological polar surface area (TPSA) is 90.1 Å². The van der Waals surface area contributed by atoms with Gasteiger partial charge in [0.2, 0.25) is 5.76 Å². The molecule has 1 N–H and O–H groups in total. The highest BCUT2D eigenvalue weighted by Crippen LogP contribution is 2.31. The second kappa shape index (κ2) is 9.50. The monoisotopic (exact) mass is 466 g/mol. The minimum absolute atomic E-state index is 0.128. The number of aryl methyl sites for hydroxylation is 2. The van der Waals surface area contributed by atoms with Gasteiger partial charge in [-0.2, -0.15) is 5.10 Å². The lowest BCUT2D eigenvalue weighted by atomic mass is 9.93. The van der Waals surface area contributed by atoms with Gasteiger partial charge in [0.15, 0.2) is 0 Å². The fourth-order valence-electron chi connectivity index (χ4n) is 3.73. The Balaban J connectivity index is 1.54. The zero-order valence-corrected chi connectivity index (χ0v) is 19.3. The van der Waals surface area contributed by atoms with E-state index in [0.717, 1.165) is 17.5 Å². The Hall–Kier alpha value is -3.58. The van der Waals surface area contributed by atoms with Crippen LogP contribution in [-0.4, -0.2) is 24.7 Å². The largest absolute Gasteiger partial charge is 0.497 e. The van der Waals surface area contributed by atoms with Crippen LogP contribution in [0.25, 0.3) is 0 Å². The summed E-state index contributed by atoms with van der Waals surface area (Å²) in [6.07, 6.45) is 2.12. The molecule has 0 spiro atoms. The first-order valence-corrected chi connectivity index (χ1v) is 10.9. The molecular formula is C25H23ClN2O5. The number of ether oxygens (including phenoxy) is 2. The summed E-state index contributed by atoms with van der Waals surface area (Å²) in [6, 6.07) is 11.7. The molecule has 0 saturated heterocycles. The first-order chi connectivity index (χ1) is 15.9. The van der Waals surface area contributed by atoms with Crippen molar-refractivity contribution in [3.05, 3.63) is 81.3 Å². The number of carbonyl (C=O) groups excluding carboxylic acids is 2. The van der Waals surface area contributed by atoms with Crippen LogP contribution in [0.1, 0.15) is 56.2 Å². The van der Waals surface area contributed by atoms with Gasteiger partial charge < -0.3 is 13.9 Å². The molecule has 0 bridgehead atoms. The molecule has 1 aromatic heterocycles. The van der Waals surface area contributed by atoms with Crippen LogP contribution in [0.15, 0.2) is 52.0 Å². The maximum Gasteiger partial charge on any atom is 0.379 e. The van der Waals surface area contributed by atoms with E-state index < -0.39 is 5.97 Å². The average Bonchev–Trinajstić information content (AvgIpc) is 3.17. The van der Waals surface area contributed by atoms with Crippen molar-refractivity contribution in [2.24, 2.45) is 5.10 Å². The van der Waals surface area contributed by atoms with E-state index in [1.165, 1.54) is 0 Å². The summed E-state index contributed by atoms with van der Waals surface area (Å²) in [6.45, 7) is 3.62. The molecule has 2 aromatic carbocycles. The van der Waals surface area contributed by atoms with Gasteiger partial charge in [0.25, 0.3) is 5.91 Å². The molecule has 1 aliphatic carbocycles. The number of hydrogen-bond acceptors (Lipinski definition) is 6. The normalized spacial score (nSPS) is 14.0. The molecule has 0 unspecified atom stereocenters. The molecule has 4 rings (SSSR count). The molecule has 8 heteroatoms. The fourth-order valence-corrected chi connectivity index (χ4v) is 3.85. The van der Waals surface area contributed by atoms with Crippen molar-refractivity contribution in [1.82, 2.24) is 5.43 Å². The fraction of sp³-hybridized carbons (Fsp3) is 0.240. The van der Waals surface area contributed by atoms with Gasteiger partial charge in [-0.05, 0) is 74.7 Å². The number of amides is 1. The first kappa shape index (κ1) is 22.6. The minimum atomic E-state index is -0.592. The summed E-state index contributed by atoms with van der Waals surface area (Å²) in [5.74, 6) is 0.911. The number of nitrogens with one attached hydrogen (secondary N) is 1. The molecule has 7 nitrogen and oxygen atoms in total. The van der Waals surface area contributed by atoms with E-state index in [-0.39, 0.29) is 11.7 Å². The van der Waals surface area contributed by atoms with Gasteiger partial charge >= 0.3 is 5.97 Å². The number of methoxy groups -OCH3 is 1. The molecule has 0 atom stereocenters. The highest BCUT2D eigenvalue weighted by atomic mass is 35.5. The molecule has 33 heavy (non-hydrogen) atoms. The van der Waals surface area contributed by atoms with E-state index in [1.807, 2.05) is 6.92 Å². The number of hydrazone groups is 1. The Morgan fingerprint density at radius 2 is 1.79 bits per heavy atom. The van der Waals surface area contributed by atoms with Crippen LogP contribution in [-0.2, 0) is 6.42 Å². The van der Waals surface area contributed by atoms with Gasteiger partial charge in [-0.1, -0.05) is 11.6 Å². The number of nitrogens with zero attached hydrogens (tertiary/aromatic N) is 1. The number of halogens is 1. The summed E-state index contributed by atoms with van der Waals surface area (Å²) in [5.41, 5.74) is 5.92. The molecule has 170 valence electrons. The third-order valence-electron chi connectivity index (χ3n) is 5.50. The summed E-state index contributed by atoms with van der Waals surface area (Å²) >= 11 is 6.04. The van der Waals surface area contributed by atoms with Crippen LogP contribution in [0.2, 0.25) is 5.02 Å². The lowest BCUT2D eigenvalue weighted by Crippen LogP contribution is -2.22. The van der Waals surface area contributed by atoms with E-state index in [2.05, 4.69) is 10.5 Å². The first-order valence-electron chi connectivity index (χ1n) is 10.5. The minimum Gasteiger partial charge on any atom is -0.497 e. The molecule has 1 heterocycles. The maximum atomic E-state index is 12.8. The lowest BCUT2D eigenvalue weighted by Gasteiger charge is -2.13. The summed E-state index contributed by atoms with van der Waals surface area (Å²) in [7, 11) is 1.56. The number of hydrogen-bond donors (Lipinski definition) is 1. The Bertz CT molecular complexity index is 1240. The van der Waals surface area contributed by atoms with Gasteiger partial charge in [0.05, 0.1) is 12.8 Å².